The SMILES string of the molecule is CCNC(=O)c1ccc(N)cc1NCCCc1ncn[nH]1. The summed E-state index contributed by atoms with van der Waals surface area (Å²) in [7, 11) is 0. The second-order valence-corrected chi connectivity index (χ2v) is 4.63. The third-order valence-corrected chi connectivity index (χ3v) is 3.00. The Kier molecular flexibility index (Phi) is 5.14. The first-order valence-electron chi connectivity index (χ1n) is 6.96. The third kappa shape index (κ3) is 4.20. The van der Waals surface area contributed by atoms with E-state index in [1.807, 2.05) is 6.92 Å². The van der Waals surface area contributed by atoms with Gasteiger partial charge in [-0.15, -0.1) is 0 Å². The molecule has 1 aromatic heterocycles. The van der Waals surface area contributed by atoms with E-state index in [0.29, 0.717) is 17.8 Å². The van der Waals surface area contributed by atoms with Gasteiger partial charge in [0, 0.05) is 30.9 Å². The van der Waals surface area contributed by atoms with Gasteiger partial charge in [0.1, 0.15) is 12.2 Å². The number of hydrogen-bond acceptors (Lipinski definition) is 5. The number of aromatic amines is 1. The lowest BCUT2D eigenvalue weighted by Crippen LogP contribution is -2.24. The number of carbonyl (C=O) groups is 1. The highest BCUT2D eigenvalue weighted by Gasteiger charge is 2.10. The Morgan fingerprint density at radius 2 is 2.29 bits per heavy atom. The smallest absolute Gasteiger partial charge is 0.253 e. The van der Waals surface area contributed by atoms with Gasteiger partial charge in [-0.25, -0.2) is 4.98 Å². The number of H-pyrrole nitrogens is 1. The average molecular weight is 288 g/mol. The van der Waals surface area contributed by atoms with Crippen LogP contribution in [0.5, 0.6) is 0 Å². The van der Waals surface area contributed by atoms with E-state index in [1.165, 1.54) is 6.33 Å². The predicted octanol–water partition coefficient (Wildman–Crippen LogP) is 1.18. The molecule has 1 heterocycles. The van der Waals surface area contributed by atoms with Gasteiger partial charge in [0.25, 0.3) is 5.91 Å². The molecule has 0 bridgehead atoms. The Labute approximate surface area is 123 Å². The van der Waals surface area contributed by atoms with E-state index in [4.69, 9.17) is 5.73 Å². The molecule has 1 aromatic carbocycles. The molecule has 0 aliphatic carbocycles. The largest absolute Gasteiger partial charge is 0.399 e. The molecule has 7 nitrogen and oxygen atoms in total. The lowest BCUT2D eigenvalue weighted by molar-refractivity contribution is 0.0956. The minimum atomic E-state index is -0.102. The lowest BCUT2D eigenvalue weighted by atomic mass is 10.1. The Bertz CT molecular complexity index is 581. The van der Waals surface area contributed by atoms with Crippen molar-refractivity contribution in [1.82, 2.24) is 20.5 Å². The summed E-state index contributed by atoms with van der Waals surface area (Å²) in [6.45, 7) is 3.20. The minimum Gasteiger partial charge on any atom is -0.399 e. The molecule has 112 valence electrons. The fourth-order valence-corrected chi connectivity index (χ4v) is 1.99. The summed E-state index contributed by atoms with van der Waals surface area (Å²) in [5.74, 6) is 0.753. The van der Waals surface area contributed by atoms with Gasteiger partial charge >= 0.3 is 0 Å². The predicted molar refractivity (Wildman–Crippen MR) is 82.1 cm³/mol. The normalized spacial score (nSPS) is 10.3. The lowest BCUT2D eigenvalue weighted by Gasteiger charge is -2.12. The van der Waals surface area contributed by atoms with Crippen LogP contribution in [0.15, 0.2) is 24.5 Å². The van der Waals surface area contributed by atoms with Crippen LogP contribution in [-0.2, 0) is 6.42 Å². The number of nitrogen functional groups attached to an aromatic ring is 1. The number of nitrogens with two attached hydrogens (primary N) is 1. The number of aryl methyl sites for hydroxylation is 1. The molecule has 0 radical (unpaired) electrons. The van der Waals surface area contributed by atoms with Gasteiger partial charge < -0.3 is 16.4 Å². The van der Waals surface area contributed by atoms with E-state index in [0.717, 1.165) is 30.9 Å². The Morgan fingerprint density at radius 1 is 1.43 bits per heavy atom. The highest BCUT2D eigenvalue weighted by Crippen LogP contribution is 2.19. The van der Waals surface area contributed by atoms with E-state index < -0.39 is 0 Å². The molecule has 7 heteroatoms. The summed E-state index contributed by atoms with van der Waals surface area (Å²) in [6, 6.07) is 5.24. The van der Waals surface area contributed by atoms with Crippen LogP contribution in [0.1, 0.15) is 29.5 Å². The van der Waals surface area contributed by atoms with E-state index in [-0.39, 0.29) is 5.91 Å². The molecule has 2 aromatic rings. The first-order valence-corrected chi connectivity index (χ1v) is 6.96. The molecule has 0 saturated heterocycles. The minimum absolute atomic E-state index is 0.102. The number of benzene rings is 1. The van der Waals surface area contributed by atoms with Crippen molar-refractivity contribution in [2.24, 2.45) is 0 Å². The van der Waals surface area contributed by atoms with Gasteiger partial charge in [-0.3, -0.25) is 9.89 Å². The Morgan fingerprint density at radius 3 is 3.00 bits per heavy atom. The quantitative estimate of drug-likeness (QED) is 0.452. The van der Waals surface area contributed by atoms with Crippen LogP contribution in [0.2, 0.25) is 0 Å². The topological polar surface area (TPSA) is 109 Å². The molecule has 0 spiro atoms. The monoisotopic (exact) mass is 288 g/mol. The van der Waals surface area contributed by atoms with Crippen molar-refractivity contribution in [2.45, 2.75) is 19.8 Å². The summed E-state index contributed by atoms with van der Waals surface area (Å²) in [6.07, 6.45) is 3.17. The molecule has 2 rings (SSSR count). The van der Waals surface area contributed by atoms with Crippen LogP contribution in [0.4, 0.5) is 11.4 Å². The van der Waals surface area contributed by atoms with Gasteiger partial charge in [-0.05, 0) is 31.5 Å². The molecule has 0 fully saturated rings. The summed E-state index contributed by atoms with van der Waals surface area (Å²) < 4.78 is 0. The van der Waals surface area contributed by atoms with Crippen molar-refractivity contribution >= 4 is 17.3 Å². The molecule has 1 amide bonds. The average Bonchev–Trinajstić information content (AvgIpc) is 2.97. The summed E-state index contributed by atoms with van der Waals surface area (Å²) in [5.41, 5.74) is 7.76. The molecule has 0 atom stereocenters. The van der Waals surface area contributed by atoms with Crippen molar-refractivity contribution in [3.8, 4) is 0 Å². The van der Waals surface area contributed by atoms with Crippen molar-refractivity contribution in [2.75, 3.05) is 24.1 Å². The van der Waals surface area contributed by atoms with Gasteiger partial charge in [0.2, 0.25) is 0 Å². The number of aromatic nitrogens is 3. The second-order valence-electron chi connectivity index (χ2n) is 4.63. The fraction of sp³-hybridized carbons (Fsp3) is 0.357. The molecule has 5 N–H and O–H groups in total. The van der Waals surface area contributed by atoms with E-state index in [2.05, 4.69) is 25.8 Å². The van der Waals surface area contributed by atoms with Crippen molar-refractivity contribution in [3.05, 3.63) is 35.9 Å². The van der Waals surface area contributed by atoms with Crippen molar-refractivity contribution < 1.29 is 4.79 Å². The Balaban J connectivity index is 1.94. The van der Waals surface area contributed by atoms with Crippen molar-refractivity contribution in [3.63, 3.8) is 0 Å². The zero-order valence-electron chi connectivity index (χ0n) is 12.0. The number of anilines is 2. The first-order chi connectivity index (χ1) is 10.2. The summed E-state index contributed by atoms with van der Waals surface area (Å²) in [5, 5.41) is 12.7. The number of hydrogen-bond donors (Lipinski definition) is 4. The zero-order valence-corrected chi connectivity index (χ0v) is 12.0. The van der Waals surface area contributed by atoms with E-state index >= 15 is 0 Å². The summed E-state index contributed by atoms with van der Waals surface area (Å²) >= 11 is 0. The summed E-state index contributed by atoms with van der Waals surface area (Å²) in [4.78, 5) is 16.0. The van der Waals surface area contributed by atoms with Gasteiger partial charge in [0.15, 0.2) is 0 Å². The molecular formula is C14H20N6O. The third-order valence-electron chi connectivity index (χ3n) is 3.00. The second kappa shape index (κ2) is 7.28. The first kappa shape index (κ1) is 14.8. The molecule has 0 aliphatic rings. The van der Waals surface area contributed by atoms with Crippen LogP contribution in [-0.4, -0.2) is 34.2 Å². The highest BCUT2D eigenvalue weighted by molar-refractivity contribution is 6.00. The zero-order chi connectivity index (χ0) is 15.1. The highest BCUT2D eigenvalue weighted by atomic mass is 16.1. The number of rotatable bonds is 7. The molecule has 21 heavy (non-hydrogen) atoms. The number of amides is 1. The molecular weight excluding hydrogens is 268 g/mol. The number of carbonyl (C=O) groups excluding carboxylic acids is 1. The van der Waals surface area contributed by atoms with Crippen LogP contribution in [0.25, 0.3) is 0 Å². The maximum absolute atomic E-state index is 12.0. The standard InChI is InChI=1S/C14H20N6O/c1-2-16-14(21)11-6-5-10(15)8-12(11)17-7-3-4-13-18-9-19-20-13/h5-6,8-9,17H,2-4,7,15H2,1H3,(H,16,21)(H,18,19,20). The van der Waals surface area contributed by atoms with E-state index in [1.54, 1.807) is 18.2 Å². The van der Waals surface area contributed by atoms with Crippen LogP contribution < -0.4 is 16.4 Å². The molecule has 0 unspecified atom stereocenters. The fourth-order valence-electron chi connectivity index (χ4n) is 1.99. The van der Waals surface area contributed by atoms with Crippen molar-refractivity contribution in [1.29, 1.82) is 0 Å². The maximum atomic E-state index is 12.0. The molecule has 0 aliphatic heterocycles. The number of nitrogens with zero attached hydrogens (tertiary/aromatic N) is 2. The van der Waals surface area contributed by atoms with Gasteiger partial charge in [0.05, 0.1) is 5.56 Å². The van der Waals surface area contributed by atoms with Crippen LogP contribution in [0, 0.1) is 0 Å². The Hall–Kier alpha value is -2.57. The number of nitrogens with one attached hydrogen (secondary N) is 3. The van der Waals surface area contributed by atoms with E-state index in [9.17, 15) is 4.79 Å². The molecule has 0 saturated carbocycles. The van der Waals surface area contributed by atoms with Gasteiger partial charge in [-0.1, -0.05) is 0 Å². The van der Waals surface area contributed by atoms with Crippen LogP contribution >= 0.6 is 0 Å². The van der Waals surface area contributed by atoms with Gasteiger partial charge in [-0.2, -0.15) is 5.10 Å². The van der Waals surface area contributed by atoms with Crippen LogP contribution in [0.3, 0.4) is 0 Å². The maximum Gasteiger partial charge on any atom is 0.253 e.